The third kappa shape index (κ3) is 3.41. The summed E-state index contributed by atoms with van der Waals surface area (Å²) in [4.78, 5) is 26.0. The van der Waals surface area contributed by atoms with Gasteiger partial charge in [0, 0.05) is 25.3 Å². The van der Waals surface area contributed by atoms with Gasteiger partial charge in [0.25, 0.3) is 5.56 Å². The zero-order valence-corrected chi connectivity index (χ0v) is 11.9. The monoisotopic (exact) mass is 299 g/mol. The summed E-state index contributed by atoms with van der Waals surface area (Å²) < 4.78 is 12.2. The third-order valence-corrected chi connectivity index (χ3v) is 3.67. The molecule has 0 amide bonds. The van der Waals surface area contributed by atoms with Gasteiger partial charge < -0.3 is 20.3 Å². The summed E-state index contributed by atoms with van der Waals surface area (Å²) >= 11 is 0. The molecule has 1 aromatic heterocycles. The highest BCUT2D eigenvalue weighted by Crippen LogP contribution is 2.29. The van der Waals surface area contributed by atoms with Crippen molar-refractivity contribution in [1.82, 2.24) is 9.55 Å². The number of ether oxygens (including phenoxy) is 2. The van der Waals surface area contributed by atoms with Crippen molar-refractivity contribution in [3.63, 3.8) is 0 Å². The summed E-state index contributed by atoms with van der Waals surface area (Å²) in [6.07, 6.45) is 1.77. The first-order valence-electron chi connectivity index (χ1n) is 6.94. The molecular formula is C13H21N3O5. The number of nitrogens with zero attached hydrogens (tertiary/aromatic N) is 1. The molecule has 1 fully saturated rings. The lowest BCUT2D eigenvalue weighted by Gasteiger charge is -2.15. The summed E-state index contributed by atoms with van der Waals surface area (Å²) in [6, 6.07) is 0. The third-order valence-electron chi connectivity index (χ3n) is 3.67. The fraction of sp³-hybridized carbons (Fsp3) is 0.692. The first kappa shape index (κ1) is 15.9. The number of rotatable bonds is 6. The molecule has 2 heterocycles. The molecule has 21 heavy (non-hydrogen) atoms. The van der Waals surface area contributed by atoms with Crippen molar-refractivity contribution in [2.24, 2.45) is 5.73 Å². The molecule has 0 bridgehead atoms. The van der Waals surface area contributed by atoms with Crippen LogP contribution in [-0.4, -0.2) is 47.1 Å². The maximum atomic E-state index is 11.9. The minimum absolute atomic E-state index is 0.187. The number of H-pyrrole nitrogens is 1. The zero-order chi connectivity index (χ0) is 15.4. The van der Waals surface area contributed by atoms with Crippen LogP contribution in [0, 0.1) is 0 Å². The fourth-order valence-electron chi connectivity index (χ4n) is 2.49. The van der Waals surface area contributed by atoms with Gasteiger partial charge in [0.05, 0.1) is 12.7 Å². The highest BCUT2D eigenvalue weighted by Gasteiger charge is 2.36. The topological polar surface area (TPSA) is 120 Å². The van der Waals surface area contributed by atoms with Gasteiger partial charge in [-0.15, -0.1) is 0 Å². The SMILES string of the molecule is COC1CC(n2cc(CCCN)c(=O)[nH]c2=O)O[C@@H]1CO. The molecule has 2 unspecified atom stereocenters. The molecule has 1 aromatic rings. The number of aromatic amines is 1. The maximum Gasteiger partial charge on any atom is 0.330 e. The molecular weight excluding hydrogens is 278 g/mol. The van der Waals surface area contributed by atoms with Crippen molar-refractivity contribution in [3.8, 4) is 0 Å². The van der Waals surface area contributed by atoms with Crippen molar-refractivity contribution < 1.29 is 14.6 Å². The molecule has 4 N–H and O–H groups in total. The van der Waals surface area contributed by atoms with Crippen LogP contribution in [0.25, 0.3) is 0 Å². The number of aromatic nitrogens is 2. The number of aliphatic hydroxyl groups is 1. The van der Waals surface area contributed by atoms with Crippen molar-refractivity contribution in [2.75, 3.05) is 20.3 Å². The van der Waals surface area contributed by atoms with Gasteiger partial charge in [0.15, 0.2) is 0 Å². The smallest absolute Gasteiger partial charge is 0.330 e. The van der Waals surface area contributed by atoms with Gasteiger partial charge in [0.2, 0.25) is 0 Å². The Bertz CT molecular complexity index is 570. The molecule has 1 aliphatic rings. The highest BCUT2D eigenvalue weighted by molar-refractivity contribution is 5.05. The van der Waals surface area contributed by atoms with Crippen molar-refractivity contribution in [1.29, 1.82) is 0 Å². The fourth-order valence-corrected chi connectivity index (χ4v) is 2.49. The Labute approximate surface area is 121 Å². The number of aryl methyl sites for hydroxylation is 1. The highest BCUT2D eigenvalue weighted by atomic mass is 16.6. The molecule has 118 valence electrons. The molecule has 0 aliphatic carbocycles. The second kappa shape index (κ2) is 6.99. The Morgan fingerprint density at radius 2 is 2.33 bits per heavy atom. The predicted molar refractivity (Wildman–Crippen MR) is 75.1 cm³/mol. The molecule has 2 rings (SSSR count). The normalized spacial score (nSPS) is 25.4. The van der Waals surface area contributed by atoms with E-state index in [1.165, 1.54) is 17.9 Å². The summed E-state index contributed by atoms with van der Waals surface area (Å²) in [6.45, 7) is 0.282. The van der Waals surface area contributed by atoms with E-state index in [-0.39, 0.29) is 12.7 Å². The number of aliphatic hydroxyl groups excluding tert-OH is 1. The quantitative estimate of drug-likeness (QED) is 0.602. The molecule has 0 saturated carbocycles. The summed E-state index contributed by atoms with van der Waals surface area (Å²) in [5.41, 5.74) is 5.00. The van der Waals surface area contributed by atoms with E-state index in [4.69, 9.17) is 15.2 Å². The lowest BCUT2D eigenvalue weighted by atomic mass is 10.1. The van der Waals surface area contributed by atoms with Gasteiger partial charge in [-0.05, 0) is 19.4 Å². The van der Waals surface area contributed by atoms with E-state index >= 15 is 0 Å². The Morgan fingerprint density at radius 3 is 2.90 bits per heavy atom. The summed E-state index contributed by atoms with van der Waals surface area (Å²) in [5, 5.41) is 9.25. The van der Waals surface area contributed by atoms with Crippen molar-refractivity contribution in [2.45, 2.75) is 37.7 Å². The Kier molecular flexibility index (Phi) is 5.29. The van der Waals surface area contributed by atoms with Gasteiger partial charge in [-0.1, -0.05) is 0 Å². The average Bonchev–Trinajstić information content (AvgIpc) is 2.89. The number of nitrogens with one attached hydrogen (secondary N) is 1. The second-order valence-electron chi connectivity index (χ2n) is 5.03. The van der Waals surface area contributed by atoms with Crippen LogP contribution in [0.1, 0.15) is 24.6 Å². The van der Waals surface area contributed by atoms with Crippen LogP contribution >= 0.6 is 0 Å². The largest absolute Gasteiger partial charge is 0.394 e. The van der Waals surface area contributed by atoms with Gasteiger partial charge in [-0.2, -0.15) is 0 Å². The molecule has 8 heteroatoms. The van der Waals surface area contributed by atoms with Crippen LogP contribution in [-0.2, 0) is 15.9 Å². The molecule has 0 aromatic carbocycles. The van der Waals surface area contributed by atoms with E-state index in [1.807, 2.05) is 0 Å². The minimum atomic E-state index is -0.562. The van der Waals surface area contributed by atoms with Gasteiger partial charge in [0.1, 0.15) is 12.3 Å². The van der Waals surface area contributed by atoms with Crippen LogP contribution in [0.15, 0.2) is 15.8 Å². The zero-order valence-electron chi connectivity index (χ0n) is 11.9. The number of hydrogen-bond donors (Lipinski definition) is 3. The average molecular weight is 299 g/mol. The van der Waals surface area contributed by atoms with E-state index in [9.17, 15) is 14.7 Å². The Balaban J connectivity index is 2.27. The first-order chi connectivity index (χ1) is 10.1. The number of nitrogens with two attached hydrogens (primary N) is 1. The predicted octanol–water partition coefficient (Wildman–Crippen LogP) is -1.28. The van der Waals surface area contributed by atoms with Gasteiger partial charge in [-0.3, -0.25) is 14.3 Å². The number of hydrogen-bond acceptors (Lipinski definition) is 6. The Hall–Kier alpha value is -1.48. The standard InChI is InChI=1S/C13H21N3O5/c1-20-9-5-11(21-10(9)7-17)16-6-8(3-2-4-14)12(18)15-13(16)19/h6,9-11,17H,2-5,7,14H2,1H3,(H,15,18,19)/t9?,10-,11?/m1/s1. The van der Waals surface area contributed by atoms with E-state index in [0.717, 1.165) is 0 Å². The second-order valence-corrected chi connectivity index (χ2v) is 5.03. The molecule has 3 atom stereocenters. The lowest BCUT2D eigenvalue weighted by Crippen LogP contribution is -2.34. The number of methoxy groups -OCH3 is 1. The van der Waals surface area contributed by atoms with Crippen molar-refractivity contribution in [3.05, 3.63) is 32.6 Å². The molecule has 1 aliphatic heterocycles. The van der Waals surface area contributed by atoms with Gasteiger partial charge in [-0.25, -0.2) is 4.79 Å². The first-order valence-corrected chi connectivity index (χ1v) is 6.94. The molecule has 1 saturated heterocycles. The summed E-state index contributed by atoms with van der Waals surface area (Å²) in [5.74, 6) is 0. The maximum absolute atomic E-state index is 11.9. The van der Waals surface area contributed by atoms with Crippen LogP contribution in [0.2, 0.25) is 0 Å². The van der Waals surface area contributed by atoms with E-state index in [1.54, 1.807) is 0 Å². The van der Waals surface area contributed by atoms with Crippen LogP contribution in [0.5, 0.6) is 0 Å². The van der Waals surface area contributed by atoms with Gasteiger partial charge >= 0.3 is 5.69 Å². The molecule has 0 radical (unpaired) electrons. The lowest BCUT2D eigenvalue weighted by molar-refractivity contribution is -0.0535. The van der Waals surface area contributed by atoms with E-state index in [2.05, 4.69) is 4.98 Å². The minimum Gasteiger partial charge on any atom is -0.394 e. The van der Waals surface area contributed by atoms with Crippen LogP contribution in [0.3, 0.4) is 0 Å². The van der Waals surface area contributed by atoms with E-state index < -0.39 is 23.6 Å². The van der Waals surface area contributed by atoms with Crippen molar-refractivity contribution >= 4 is 0 Å². The molecule has 0 spiro atoms. The van der Waals surface area contributed by atoms with Crippen LogP contribution in [0.4, 0.5) is 0 Å². The molecule has 8 nitrogen and oxygen atoms in total. The van der Waals surface area contributed by atoms with E-state index in [0.29, 0.717) is 31.4 Å². The summed E-state index contributed by atoms with van der Waals surface area (Å²) in [7, 11) is 1.53. The Morgan fingerprint density at radius 1 is 1.57 bits per heavy atom. The van der Waals surface area contributed by atoms with Crippen LogP contribution < -0.4 is 17.0 Å².